The smallest absolute Gasteiger partial charge is 0.0294 e. The SMILES string of the molecule is CCCC(C)NC(C)c1ccc(CC(C)C)cc1. The number of rotatable bonds is 7. The fourth-order valence-corrected chi connectivity index (χ4v) is 2.45. The van der Waals surface area contributed by atoms with Gasteiger partial charge >= 0.3 is 0 Å². The molecule has 1 aromatic rings. The summed E-state index contributed by atoms with van der Waals surface area (Å²) in [6.07, 6.45) is 3.66. The molecular formula is C17H29N. The second-order valence-electron chi connectivity index (χ2n) is 5.92. The average Bonchev–Trinajstić information content (AvgIpc) is 2.29. The van der Waals surface area contributed by atoms with Crippen LogP contribution in [0.25, 0.3) is 0 Å². The Morgan fingerprint density at radius 2 is 1.61 bits per heavy atom. The maximum atomic E-state index is 3.66. The average molecular weight is 247 g/mol. The zero-order valence-corrected chi connectivity index (χ0v) is 12.7. The highest BCUT2D eigenvalue weighted by molar-refractivity contribution is 5.25. The van der Waals surface area contributed by atoms with Crippen LogP contribution < -0.4 is 5.32 Å². The van der Waals surface area contributed by atoms with Crippen molar-refractivity contribution in [3.63, 3.8) is 0 Å². The highest BCUT2D eigenvalue weighted by atomic mass is 14.9. The highest BCUT2D eigenvalue weighted by Crippen LogP contribution is 2.16. The molecule has 0 aliphatic carbocycles. The van der Waals surface area contributed by atoms with E-state index in [0.29, 0.717) is 12.1 Å². The molecule has 0 spiro atoms. The largest absolute Gasteiger partial charge is 0.308 e. The van der Waals surface area contributed by atoms with E-state index in [2.05, 4.69) is 64.2 Å². The molecule has 1 N–H and O–H groups in total. The quantitative estimate of drug-likeness (QED) is 0.735. The van der Waals surface area contributed by atoms with E-state index in [-0.39, 0.29) is 0 Å². The molecule has 102 valence electrons. The van der Waals surface area contributed by atoms with Gasteiger partial charge in [-0.25, -0.2) is 0 Å². The van der Waals surface area contributed by atoms with Crippen molar-refractivity contribution in [2.45, 2.75) is 66.0 Å². The van der Waals surface area contributed by atoms with Gasteiger partial charge in [-0.15, -0.1) is 0 Å². The van der Waals surface area contributed by atoms with Crippen LogP contribution in [-0.4, -0.2) is 6.04 Å². The van der Waals surface area contributed by atoms with Gasteiger partial charge in [-0.1, -0.05) is 51.5 Å². The predicted molar refractivity (Wildman–Crippen MR) is 80.9 cm³/mol. The molecule has 2 atom stereocenters. The standard InChI is InChI=1S/C17H29N/c1-6-7-14(4)18-15(5)17-10-8-16(9-11-17)12-13(2)3/h8-11,13-15,18H,6-7,12H2,1-5H3. The molecule has 1 nitrogen and oxygen atoms in total. The molecule has 0 bridgehead atoms. The lowest BCUT2D eigenvalue weighted by molar-refractivity contribution is 0.452. The Morgan fingerprint density at radius 1 is 1.00 bits per heavy atom. The maximum Gasteiger partial charge on any atom is 0.0294 e. The number of hydrogen-bond acceptors (Lipinski definition) is 1. The highest BCUT2D eigenvalue weighted by Gasteiger charge is 2.08. The third kappa shape index (κ3) is 5.22. The first-order chi connectivity index (χ1) is 8.52. The van der Waals surface area contributed by atoms with Gasteiger partial charge in [0.05, 0.1) is 0 Å². The van der Waals surface area contributed by atoms with E-state index >= 15 is 0 Å². The molecule has 0 aliphatic heterocycles. The lowest BCUT2D eigenvalue weighted by Crippen LogP contribution is -2.28. The van der Waals surface area contributed by atoms with E-state index in [4.69, 9.17) is 0 Å². The number of hydrogen-bond donors (Lipinski definition) is 1. The summed E-state index contributed by atoms with van der Waals surface area (Å²) in [7, 11) is 0. The molecular weight excluding hydrogens is 218 g/mol. The first-order valence-corrected chi connectivity index (χ1v) is 7.37. The fourth-order valence-electron chi connectivity index (χ4n) is 2.45. The van der Waals surface area contributed by atoms with E-state index < -0.39 is 0 Å². The zero-order chi connectivity index (χ0) is 13.5. The van der Waals surface area contributed by atoms with E-state index in [0.717, 1.165) is 5.92 Å². The Bertz CT molecular complexity index is 326. The van der Waals surface area contributed by atoms with E-state index in [1.807, 2.05) is 0 Å². The van der Waals surface area contributed by atoms with Gasteiger partial charge in [0, 0.05) is 12.1 Å². The number of nitrogens with one attached hydrogen (secondary N) is 1. The van der Waals surface area contributed by atoms with Crippen LogP contribution in [0.5, 0.6) is 0 Å². The van der Waals surface area contributed by atoms with E-state index in [1.165, 1.54) is 30.4 Å². The first kappa shape index (κ1) is 15.2. The summed E-state index contributed by atoms with van der Waals surface area (Å²) in [5.41, 5.74) is 2.84. The maximum absolute atomic E-state index is 3.66. The molecule has 0 heterocycles. The second kappa shape index (κ2) is 7.58. The monoisotopic (exact) mass is 247 g/mol. The summed E-state index contributed by atoms with van der Waals surface area (Å²) < 4.78 is 0. The van der Waals surface area contributed by atoms with Crippen molar-refractivity contribution < 1.29 is 0 Å². The third-order valence-electron chi connectivity index (χ3n) is 3.38. The van der Waals surface area contributed by atoms with E-state index in [1.54, 1.807) is 0 Å². The van der Waals surface area contributed by atoms with Gasteiger partial charge in [0.2, 0.25) is 0 Å². The predicted octanol–water partition coefficient (Wildman–Crippen LogP) is 4.72. The van der Waals surface area contributed by atoms with Crippen LogP contribution in [0.4, 0.5) is 0 Å². The molecule has 18 heavy (non-hydrogen) atoms. The Kier molecular flexibility index (Phi) is 6.42. The summed E-state index contributed by atoms with van der Waals surface area (Å²) in [5.74, 6) is 0.732. The van der Waals surface area contributed by atoms with Crippen LogP contribution in [0.3, 0.4) is 0 Å². The third-order valence-corrected chi connectivity index (χ3v) is 3.38. The Hall–Kier alpha value is -0.820. The Balaban J connectivity index is 2.55. The molecule has 0 aliphatic rings. The summed E-state index contributed by atoms with van der Waals surface area (Å²) in [5, 5.41) is 3.66. The fraction of sp³-hybridized carbons (Fsp3) is 0.647. The van der Waals surface area contributed by atoms with Crippen molar-refractivity contribution in [3.8, 4) is 0 Å². The minimum atomic E-state index is 0.444. The van der Waals surface area contributed by atoms with Crippen molar-refractivity contribution in [1.29, 1.82) is 0 Å². The summed E-state index contributed by atoms with van der Waals surface area (Å²) in [6, 6.07) is 10.1. The van der Waals surface area contributed by atoms with Gasteiger partial charge in [-0.05, 0) is 43.7 Å². The van der Waals surface area contributed by atoms with Crippen molar-refractivity contribution in [1.82, 2.24) is 5.32 Å². The minimum Gasteiger partial charge on any atom is -0.308 e. The second-order valence-corrected chi connectivity index (χ2v) is 5.92. The van der Waals surface area contributed by atoms with Gasteiger partial charge in [0.15, 0.2) is 0 Å². The van der Waals surface area contributed by atoms with Gasteiger partial charge in [0.1, 0.15) is 0 Å². The van der Waals surface area contributed by atoms with Gasteiger partial charge < -0.3 is 5.32 Å². The van der Waals surface area contributed by atoms with Crippen molar-refractivity contribution in [3.05, 3.63) is 35.4 Å². The lowest BCUT2D eigenvalue weighted by Gasteiger charge is -2.20. The molecule has 0 radical (unpaired) electrons. The van der Waals surface area contributed by atoms with Crippen LogP contribution in [0.15, 0.2) is 24.3 Å². The van der Waals surface area contributed by atoms with Crippen LogP contribution in [0.2, 0.25) is 0 Å². The molecule has 1 rings (SSSR count). The lowest BCUT2D eigenvalue weighted by atomic mass is 9.99. The molecule has 1 aromatic carbocycles. The van der Waals surface area contributed by atoms with Crippen molar-refractivity contribution in [2.75, 3.05) is 0 Å². The zero-order valence-electron chi connectivity index (χ0n) is 12.7. The topological polar surface area (TPSA) is 12.0 Å². The van der Waals surface area contributed by atoms with Gasteiger partial charge in [0.25, 0.3) is 0 Å². The summed E-state index contributed by atoms with van der Waals surface area (Å²) in [4.78, 5) is 0. The molecule has 1 heteroatoms. The normalized spacial score (nSPS) is 14.8. The molecule has 0 amide bonds. The number of benzene rings is 1. The molecule has 0 saturated carbocycles. The Morgan fingerprint density at radius 3 is 2.11 bits per heavy atom. The first-order valence-electron chi connectivity index (χ1n) is 7.37. The summed E-state index contributed by atoms with van der Waals surface area (Å²) >= 11 is 0. The van der Waals surface area contributed by atoms with Crippen LogP contribution in [0.1, 0.15) is 64.6 Å². The molecule has 0 aromatic heterocycles. The van der Waals surface area contributed by atoms with Gasteiger partial charge in [-0.2, -0.15) is 0 Å². The Labute approximate surface area is 113 Å². The molecule has 0 saturated heterocycles. The van der Waals surface area contributed by atoms with Crippen molar-refractivity contribution >= 4 is 0 Å². The molecule has 0 fully saturated rings. The van der Waals surface area contributed by atoms with Crippen LogP contribution >= 0.6 is 0 Å². The van der Waals surface area contributed by atoms with Gasteiger partial charge in [-0.3, -0.25) is 0 Å². The van der Waals surface area contributed by atoms with Crippen LogP contribution in [-0.2, 0) is 6.42 Å². The van der Waals surface area contributed by atoms with Crippen molar-refractivity contribution in [2.24, 2.45) is 5.92 Å². The minimum absolute atomic E-state index is 0.444. The van der Waals surface area contributed by atoms with Crippen LogP contribution in [0, 0.1) is 5.92 Å². The van der Waals surface area contributed by atoms with E-state index in [9.17, 15) is 0 Å². The molecule has 2 unspecified atom stereocenters. The summed E-state index contributed by atoms with van der Waals surface area (Å²) in [6.45, 7) is 11.3.